The maximum absolute atomic E-state index is 14.3. The molecule has 3 aliphatic rings. The number of imidazole rings is 1. The Morgan fingerprint density at radius 3 is 2.42 bits per heavy atom. The first-order chi connectivity index (χ1) is 21.8. The van der Waals surface area contributed by atoms with E-state index >= 15 is 0 Å². The topological polar surface area (TPSA) is 122 Å². The minimum absolute atomic E-state index is 0.0597. The van der Waals surface area contributed by atoms with E-state index in [1.807, 2.05) is 48.0 Å². The summed E-state index contributed by atoms with van der Waals surface area (Å²) in [6.07, 6.45) is 4.80. The van der Waals surface area contributed by atoms with Crippen molar-refractivity contribution in [3.8, 4) is 5.75 Å². The lowest BCUT2D eigenvalue weighted by atomic mass is 9.77. The summed E-state index contributed by atoms with van der Waals surface area (Å²) in [4.78, 5) is 60.8. The number of carbonyl (C=O) groups excluding carboxylic acids is 3. The van der Waals surface area contributed by atoms with Crippen LogP contribution < -0.4 is 4.74 Å². The Labute approximate surface area is 260 Å². The molecule has 3 aromatic carbocycles. The number of hydrogen-bond donors (Lipinski definition) is 1. The molecule has 3 unspecified atom stereocenters. The van der Waals surface area contributed by atoms with Crippen molar-refractivity contribution in [2.24, 2.45) is 18.9 Å². The van der Waals surface area contributed by atoms with Crippen molar-refractivity contribution in [3.05, 3.63) is 94.8 Å². The minimum atomic E-state index is -0.962. The van der Waals surface area contributed by atoms with Crippen molar-refractivity contribution in [2.45, 2.75) is 44.8 Å². The first-order valence-electron chi connectivity index (χ1n) is 15.4. The molecule has 10 heteroatoms. The van der Waals surface area contributed by atoms with Crippen molar-refractivity contribution < 1.29 is 29.0 Å². The molecule has 1 fully saturated rings. The highest BCUT2D eigenvalue weighted by Gasteiger charge is 2.45. The number of nitrogens with zero attached hydrogens (tertiary/aromatic N) is 4. The van der Waals surface area contributed by atoms with Crippen LogP contribution in [-0.2, 0) is 29.7 Å². The molecule has 1 aliphatic carbocycles. The molecule has 1 aromatic heterocycles. The van der Waals surface area contributed by atoms with E-state index in [9.17, 15) is 24.3 Å². The number of rotatable bonds is 7. The molecule has 3 atom stereocenters. The number of carbonyl (C=O) groups is 4. The fraction of sp³-hybridized carbons (Fsp3) is 0.343. The van der Waals surface area contributed by atoms with Gasteiger partial charge in [0.05, 0.1) is 52.9 Å². The Bertz CT molecular complexity index is 1810. The molecule has 2 aliphatic heterocycles. The molecule has 230 valence electrons. The summed E-state index contributed by atoms with van der Waals surface area (Å²) in [5, 5.41) is 9.97. The molecular weight excluding hydrogens is 572 g/mol. The standard InChI is InChI=1S/C35H34N4O6/c1-37-20-36-27-17-21(13-14-28(27)37)19-45-30-12-6-7-22-15-16-38(32(40)25-10-4-5-11-26(25)35(43)44)29(31(22)30)18-39-33(41)23-8-2-3-9-24(23)34(39)42/h2-3,6-9,12-14,17,20,25-26,29H,4-5,10-11,15-16,18-19H2,1H3,(H,43,44). The van der Waals surface area contributed by atoms with Gasteiger partial charge in [0.25, 0.3) is 11.8 Å². The van der Waals surface area contributed by atoms with E-state index in [1.54, 1.807) is 35.5 Å². The Kier molecular flexibility index (Phi) is 7.35. The fourth-order valence-corrected chi connectivity index (χ4v) is 7.26. The number of aromatic nitrogens is 2. The molecule has 0 spiro atoms. The number of hydrogen-bond acceptors (Lipinski definition) is 6. The van der Waals surface area contributed by atoms with Crippen LogP contribution in [0.4, 0.5) is 0 Å². The Balaban J connectivity index is 1.25. The number of aryl methyl sites for hydroxylation is 1. The molecule has 4 aromatic rings. The predicted octanol–water partition coefficient (Wildman–Crippen LogP) is 4.77. The van der Waals surface area contributed by atoms with E-state index < -0.39 is 35.7 Å². The van der Waals surface area contributed by atoms with Crippen LogP contribution in [0.2, 0.25) is 0 Å². The third kappa shape index (κ3) is 5.04. The number of benzene rings is 3. The number of carboxylic acid groups (broad SMARTS) is 1. The molecule has 0 bridgehead atoms. The van der Waals surface area contributed by atoms with Gasteiger partial charge in [-0.1, -0.05) is 43.2 Å². The van der Waals surface area contributed by atoms with Crippen molar-refractivity contribution in [3.63, 3.8) is 0 Å². The number of fused-ring (bicyclic) bond motifs is 3. The van der Waals surface area contributed by atoms with Gasteiger partial charge in [-0.2, -0.15) is 0 Å². The van der Waals surface area contributed by atoms with Crippen molar-refractivity contribution >= 4 is 34.7 Å². The zero-order valence-corrected chi connectivity index (χ0v) is 25.0. The van der Waals surface area contributed by atoms with Gasteiger partial charge < -0.3 is 19.3 Å². The Morgan fingerprint density at radius 1 is 0.956 bits per heavy atom. The highest BCUT2D eigenvalue weighted by atomic mass is 16.5. The zero-order valence-electron chi connectivity index (χ0n) is 25.0. The Hall–Kier alpha value is -4.99. The zero-order chi connectivity index (χ0) is 31.2. The Morgan fingerprint density at radius 2 is 1.69 bits per heavy atom. The van der Waals surface area contributed by atoms with Crippen LogP contribution in [0.1, 0.15) is 69.1 Å². The molecule has 3 amide bonds. The maximum atomic E-state index is 14.3. The van der Waals surface area contributed by atoms with Crippen molar-refractivity contribution in [1.82, 2.24) is 19.4 Å². The van der Waals surface area contributed by atoms with Gasteiger partial charge in [0, 0.05) is 19.2 Å². The molecule has 0 radical (unpaired) electrons. The highest BCUT2D eigenvalue weighted by molar-refractivity contribution is 6.21. The fourth-order valence-electron chi connectivity index (χ4n) is 7.26. The predicted molar refractivity (Wildman–Crippen MR) is 165 cm³/mol. The van der Waals surface area contributed by atoms with Crippen LogP contribution in [0, 0.1) is 11.8 Å². The molecule has 3 heterocycles. The summed E-state index contributed by atoms with van der Waals surface area (Å²) in [6, 6.07) is 17.7. The van der Waals surface area contributed by atoms with Crippen molar-refractivity contribution in [2.75, 3.05) is 13.1 Å². The molecule has 45 heavy (non-hydrogen) atoms. The van der Waals surface area contributed by atoms with Crippen LogP contribution in [0.15, 0.2) is 67.0 Å². The summed E-state index contributed by atoms with van der Waals surface area (Å²) in [5.41, 5.74) is 5.17. The van der Waals surface area contributed by atoms with Crippen molar-refractivity contribution in [1.29, 1.82) is 0 Å². The normalized spacial score (nSPS) is 21.1. The van der Waals surface area contributed by atoms with E-state index in [1.165, 1.54) is 4.90 Å². The second-order valence-electron chi connectivity index (χ2n) is 12.2. The quantitative estimate of drug-likeness (QED) is 0.301. The average Bonchev–Trinajstić information content (AvgIpc) is 3.55. The molecule has 0 saturated heterocycles. The van der Waals surface area contributed by atoms with Crippen LogP contribution in [-0.4, -0.2) is 61.2 Å². The van der Waals surface area contributed by atoms with Gasteiger partial charge in [-0.25, -0.2) is 4.98 Å². The largest absolute Gasteiger partial charge is 0.489 e. The molecule has 10 nitrogen and oxygen atoms in total. The van der Waals surface area contributed by atoms with Gasteiger partial charge in [0.15, 0.2) is 0 Å². The van der Waals surface area contributed by atoms with Crippen LogP contribution in [0.25, 0.3) is 11.0 Å². The lowest BCUT2D eigenvalue weighted by Gasteiger charge is -2.42. The lowest BCUT2D eigenvalue weighted by molar-refractivity contribution is -0.153. The second kappa shape index (κ2) is 11.5. The van der Waals surface area contributed by atoms with Gasteiger partial charge in [-0.3, -0.25) is 24.1 Å². The first kappa shape index (κ1) is 28.8. The summed E-state index contributed by atoms with van der Waals surface area (Å²) in [7, 11) is 1.94. The van der Waals surface area contributed by atoms with E-state index in [0.29, 0.717) is 42.7 Å². The van der Waals surface area contributed by atoms with Gasteiger partial charge >= 0.3 is 5.97 Å². The van der Waals surface area contributed by atoms with Crippen LogP contribution in [0.3, 0.4) is 0 Å². The third-order valence-corrected chi connectivity index (χ3v) is 9.59. The maximum Gasteiger partial charge on any atom is 0.307 e. The number of imide groups is 1. The molecular formula is C35H34N4O6. The monoisotopic (exact) mass is 606 g/mol. The number of amides is 3. The van der Waals surface area contributed by atoms with E-state index in [2.05, 4.69) is 4.98 Å². The first-order valence-corrected chi connectivity index (χ1v) is 15.4. The number of aliphatic carboxylic acids is 1. The average molecular weight is 607 g/mol. The van der Waals surface area contributed by atoms with Gasteiger partial charge in [-0.15, -0.1) is 0 Å². The van der Waals surface area contributed by atoms with E-state index in [4.69, 9.17) is 4.74 Å². The molecule has 1 N–H and O–H groups in total. The summed E-state index contributed by atoms with van der Waals surface area (Å²) in [5.74, 6) is -2.88. The summed E-state index contributed by atoms with van der Waals surface area (Å²) >= 11 is 0. The van der Waals surface area contributed by atoms with Gasteiger partial charge in [-0.05, 0) is 60.7 Å². The van der Waals surface area contributed by atoms with Crippen LogP contribution >= 0.6 is 0 Å². The second-order valence-corrected chi connectivity index (χ2v) is 12.2. The number of ether oxygens (including phenoxy) is 1. The SMILES string of the molecule is Cn1cnc2cc(COc3cccc4c3C(CN3C(=O)c5ccccc5C3=O)N(C(=O)C3CCCCC3C(=O)O)CC4)ccc21. The molecule has 7 rings (SSSR count). The molecule has 1 saturated carbocycles. The van der Waals surface area contributed by atoms with Crippen LogP contribution in [0.5, 0.6) is 5.75 Å². The third-order valence-electron chi connectivity index (χ3n) is 9.59. The van der Waals surface area contributed by atoms with Gasteiger partial charge in [0.1, 0.15) is 12.4 Å². The smallest absolute Gasteiger partial charge is 0.307 e. The van der Waals surface area contributed by atoms with E-state index in [-0.39, 0.29) is 19.1 Å². The highest BCUT2D eigenvalue weighted by Crippen LogP contribution is 2.41. The summed E-state index contributed by atoms with van der Waals surface area (Å²) in [6.45, 7) is 0.540. The van der Waals surface area contributed by atoms with E-state index in [0.717, 1.165) is 40.6 Å². The number of carboxylic acids is 1. The summed E-state index contributed by atoms with van der Waals surface area (Å²) < 4.78 is 8.38. The van der Waals surface area contributed by atoms with Gasteiger partial charge in [0.2, 0.25) is 5.91 Å². The minimum Gasteiger partial charge on any atom is -0.489 e. The lowest BCUT2D eigenvalue weighted by Crippen LogP contribution is -2.50.